The first-order valence-electron chi connectivity index (χ1n) is 16.8. The van der Waals surface area contributed by atoms with Crippen molar-refractivity contribution in [2.24, 2.45) is 5.73 Å². The van der Waals surface area contributed by atoms with Crippen LogP contribution < -0.4 is 16.0 Å². The summed E-state index contributed by atoms with van der Waals surface area (Å²) in [5.41, 5.74) is 8.90. The molecule has 0 amide bonds. The van der Waals surface area contributed by atoms with Gasteiger partial charge in [-0.1, -0.05) is 55.3 Å². The molecule has 1 saturated heterocycles. The van der Waals surface area contributed by atoms with Crippen LogP contribution in [0.4, 0.5) is 0 Å². The van der Waals surface area contributed by atoms with E-state index in [0.29, 0.717) is 60.3 Å². The first kappa shape index (κ1) is 22.7. The second-order valence-corrected chi connectivity index (χ2v) is 10.3. The Morgan fingerprint density at radius 1 is 1.02 bits per heavy atom. The number of fused-ring (bicyclic) bond motifs is 1. The van der Waals surface area contributed by atoms with Crippen LogP contribution in [0.3, 0.4) is 0 Å². The van der Waals surface area contributed by atoms with Crippen LogP contribution in [0.25, 0.3) is 22.3 Å². The number of amidine groups is 1. The van der Waals surface area contributed by atoms with E-state index in [4.69, 9.17) is 27.7 Å². The van der Waals surface area contributed by atoms with Crippen LogP contribution in [-0.4, -0.2) is 38.9 Å². The average molecular weight is 557 g/mol. The van der Waals surface area contributed by atoms with E-state index >= 15 is 0 Å². The maximum absolute atomic E-state index is 14.1. The number of para-hydroxylation sites is 2. The van der Waals surface area contributed by atoms with Gasteiger partial charge in [-0.05, 0) is 81.9 Å². The van der Waals surface area contributed by atoms with Crippen LogP contribution in [0.1, 0.15) is 70.3 Å². The largest absolute Gasteiger partial charge is 0.488 e. The van der Waals surface area contributed by atoms with E-state index < -0.39 is 31.2 Å². The number of nitrogens with zero attached hydrogens (tertiary/aromatic N) is 3. The van der Waals surface area contributed by atoms with Crippen molar-refractivity contribution in [2.45, 2.75) is 77.5 Å². The maximum Gasteiger partial charge on any atom is 0.277 e. The first-order chi connectivity index (χ1) is 21.8. The quantitative estimate of drug-likeness (QED) is 0.127. The second-order valence-electron chi connectivity index (χ2n) is 10.3. The second kappa shape index (κ2) is 13.1. The summed E-state index contributed by atoms with van der Waals surface area (Å²) >= 11 is 0. The van der Waals surface area contributed by atoms with Crippen LogP contribution in [0.5, 0.6) is 5.75 Å². The minimum absolute atomic E-state index is 0.134. The molecular weight excluding hydrogens is 510 g/mol. The van der Waals surface area contributed by atoms with E-state index in [0.717, 1.165) is 5.56 Å². The van der Waals surface area contributed by atoms with Gasteiger partial charge in [-0.2, -0.15) is 0 Å². The Balaban J connectivity index is 1.40. The number of rotatable bonds is 11. The van der Waals surface area contributed by atoms with Crippen molar-refractivity contribution >= 4 is 16.9 Å². The monoisotopic (exact) mass is 556 g/mol. The number of nitrogens with two attached hydrogens (primary N) is 1. The molecule has 3 N–H and O–H groups in total. The van der Waals surface area contributed by atoms with Crippen molar-refractivity contribution in [3.63, 3.8) is 0 Å². The number of aryl methyl sites for hydroxylation is 1. The van der Waals surface area contributed by atoms with Gasteiger partial charge in [0.05, 0.1) is 11.0 Å². The van der Waals surface area contributed by atoms with Gasteiger partial charge in [0, 0.05) is 36.6 Å². The number of unbranched alkanes of at least 4 members (excludes halogenated alkanes) is 2. The SMILES string of the molecule is [2H]C1C([2H])[C@]([2H])(C)N(CCCCCn2c(=O)c(-c3cc(C(=N)N)ccc3OCc3ccccc3)nc3ccccc32)[C@]([2H])(C)C1[2H]. The molecule has 0 aliphatic carbocycles. The van der Waals surface area contributed by atoms with Gasteiger partial charge in [0.1, 0.15) is 23.9 Å². The molecule has 0 radical (unpaired) electrons. The summed E-state index contributed by atoms with van der Waals surface area (Å²) in [6.45, 7) is 4.15. The third-order valence-corrected chi connectivity index (χ3v) is 7.43. The van der Waals surface area contributed by atoms with Crippen molar-refractivity contribution in [3.8, 4) is 17.0 Å². The van der Waals surface area contributed by atoms with Gasteiger partial charge in [-0.3, -0.25) is 15.1 Å². The van der Waals surface area contributed by atoms with Crippen molar-refractivity contribution in [2.75, 3.05) is 6.54 Å². The zero-order valence-corrected chi connectivity index (χ0v) is 23.6. The molecule has 1 aliphatic rings. The zero-order valence-electron chi connectivity index (χ0n) is 28.6. The highest BCUT2D eigenvalue weighted by Crippen LogP contribution is 2.30. The number of benzene rings is 3. The van der Waals surface area contributed by atoms with Crippen LogP contribution in [0.2, 0.25) is 0 Å². The van der Waals surface area contributed by atoms with Crippen molar-refractivity contribution < 1.29 is 11.6 Å². The van der Waals surface area contributed by atoms with E-state index in [1.165, 1.54) is 0 Å². The summed E-state index contributed by atoms with van der Waals surface area (Å²) in [6.07, 6.45) is -1.43. The molecule has 1 fully saturated rings. The van der Waals surface area contributed by atoms with Crippen molar-refractivity contribution in [3.05, 3.63) is 94.3 Å². The van der Waals surface area contributed by atoms with Gasteiger partial charge < -0.3 is 15.0 Å². The smallest absolute Gasteiger partial charge is 0.277 e. The molecule has 7 nitrogen and oxygen atoms in total. The predicted octanol–water partition coefficient (Wildman–Crippen LogP) is 6.36. The Morgan fingerprint density at radius 3 is 2.49 bits per heavy atom. The van der Waals surface area contributed by atoms with E-state index in [1.807, 2.05) is 54.6 Å². The fraction of sp³-hybridized carbons (Fsp3) is 0.382. The number of aromatic nitrogens is 2. The fourth-order valence-corrected chi connectivity index (χ4v) is 5.19. The number of piperidine rings is 1. The van der Waals surface area contributed by atoms with Gasteiger partial charge in [-0.15, -0.1) is 0 Å². The van der Waals surface area contributed by atoms with E-state index in [1.54, 1.807) is 41.5 Å². The molecule has 2 heterocycles. The normalized spacial score (nSPS) is 28.2. The molecule has 0 bridgehead atoms. The Kier molecular flexibility index (Phi) is 7.27. The molecule has 3 unspecified atom stereocenters. The number of likely N-dealkylation sites (tertiary alicyclic amines) is 1. The summed E-state index contributed by atoms with van der Waals surface area (Å²) in [6, 6.07) is 19.3. The number of hydrogen-bond acceptors (Lipinski definition) is 5. The Hall–Kier alpha value is -3.97. The van der Waals surface area contributed by atoms with Crippen molar-refractivity contribution in [1.82, 2.24) is 14.5 Å². The van der Waals surface area contributed by atoms with Crippen LogP contribution in [-0.2, 0) is 13.2 Å². The molecule has 1 aliphatic heterocycles. The highest BCUT2D eigenvalue weighted by Gasteiger charge is 2.24. The fourth-order valence-electron chi connectivity index (χ4n) is 5.19. The molecule has 214 valence electrons. The standard InChI is InChI=1S/C34H41N5O2/c1-24-12-11-13-25(2)38(24)20-9-4-10-21-39-30-17-8-7-16-29(30)37-32(34(39)40)28-22-27(33(35)36)18-19-31(28)41-23-26-14-5-3-6-15-26/h3,5-8,14-19,22,24-25H,4,9-13,20-21,23H2,1-2H3,(H3,35,36)/t24-,25+/i11D,12D,13D,24D,25D/t11?,12?,13?,24-,25+. The van der Waals surface area contributed by atoms with Crippen LogP contribution in [0.15, 0.2) is 77.6 Å². The predicted molar refractivity (Wildman–Crippen MR) is 167 cm³/mol. The third-order valence-electron chi connectivity index (χ3n) is 7.43. The first-order valence-corrected chi connectivity index (χ1v) is 14.0. The summed E-state index contributed by atoms with van der Waals surface area (Å²) in [5, 5.41) is 7.99. The minimum Gasteiger partial charge on any atom is -0.488 e. The Bertz CT molecular complexity index is 1740. The minimum atomic E-state index is -1.46. The maximum atomic E-state index is 14.1. The highest BCUT2D eigenvalue weighted by molar-refractivity contribution is 5.96. The zero-order chi connectivity index (χ0) is 33.2. The average Bonchev–Trinajstić information content (AvgIpc) is 3.04. The van der Waals surface area contributed by atoms with Gasteiger partial charge in [-0.25, -0.2) is 4.98 Å². The van der Waals surface area contributed by atoms with Gasteiger partial charge in [0.25, 0.3) is 5.56 Å². The molecule has 3 aromatic carbocycles. The molecule has 0 saturated carbocycles. The van der Waals surface area contributed by atoms with Gasteiger partial charge in [0.2, 0.25) is 0 Å². The number of nitrogens with one attached hydrogen (secondary N) is 1. The number of ether oxygens (including phenoxy) is 1. The summed E-state index contributed by atoms with van der Waals surface area (Å²) in [4.78, 5) is 20.4. The summed E-state index contributed by atoms with van der Waals surface area (Å²) in [7, 11) is 0. The van der Waals surface area contributed by atoms with Crippen LogP contribution in [0, 0.1) is 5.41 Å². The van der Waals surface area contributed by atoms with E-state index in [2.05, 4.69) is 0 Å². The molecule has 5 atom stereocenters. The van der Waals surface area contributed by atoms with E-state index in [-0.39, 0.29) is 23.7 Å². The van der Waals surface area contributed by atoms with Gasteiger partial charge in [0.15, 0.2) is 0 Å². The summed E-state index contributed by atoms with van der Waals surface area (Å²) < 4.78 is 50.4. The van der Waals surface area contributed by atoms with E-state index in [9.17, 15) is 4.79 Å². The number of nitrogen functional groups attached to an aromatic ring is 1. The lowest BCUT2D eigenvalue weighted by Crippen LogP contribution is -2.44. The van der Waals surface area contributed by atoms with Crippen LogP contribution >= 0.6 is 0 Å². The molecule has 5 rings (SSSR count). The third kappa shape index (κ3) is 6.68. The topological polar surface area (TPSA) is 97.2 Å². The van der Waals surface area contributed by atoms with Gasteiger partial charge >= 0.3 is 0 Å². The Morgan fingerprint density at radius 2 is 1.73 bits per heavy atom. The molecule has 0 spiro atoms. The molecule has 7 heteroatoms. The lowest BCUT2D eigenvalue weighted by Gasteiger charge is -2.39. The molecule has 1 aromatic heterocycles. The molecule has 41 heavy (non-hydrogen) atoms. The van der Waals surface area contributed by atoms with Crippen molar-refractivity contribution in [1.29, 1.82) is 5.41 Å². The molecular formula is C34H41N5O2. The highest BCUT2D eigenvalue weighted by atomic mass is 16.5. The lowest BCUT2D eigenvalue weighted by atomic mass is 9.97. The lowest BCUT2D eigenvalue weighted by molar-refractivity contribution is 0.101. The number of hydrogen-bond donors (Lipinski definition) is 2. The Labute approximate surface area is 249 Å². The molecule has 4 aromatic rings. The summed E-state index contributed by atoms with van der Waals surface area (Å²) in [5.74, 6) is 0.318.